The Morgan fingerprint density at radius 1 is 0.850 bits per heavy atom. The number of carbonyl (C=O) groups excluding carboxylic acids is 1. The predicted octanol–water partition coefficient (Wildman–Crippen LogP) is 4.05. The van der Waals surface area contributed by atoms with Crippen LogP contribution in [-0.4, -0.2) is 15.8 Å². The van der Waals surface area contributed by atoms with E-state index in [-0.39, 0.29) is 17.6 Å². The SMILES string of the molecule is Cc1c[nH]c(C)c1C(C)C(=O)C(C)c1c(C)c[nH]c1C. The third-order valence-corrected chi connectivity index (χ3v) is 4.39. The van der Waals surface area contributed by atoms with Crippen LogP contribution in [0.3, 0.4) is 0 Å². The van der Waals surface area contributed by atoms with E-state index in [0.717, 1.165) is 33.6 Å². The molecule has 3 heteroatoms. The molecule has 0 aliphatic rings. The van der Waals surface area contributed by atoms with Gasteiger partial charge in [-0.25, -0.2) is 0 Å². The molecular formula is C17H24N2O. The molecule has 2 N–H and O–H groups in total. The van der Waals surface area contributed by atoms with Gasteiger partial charge in [0, 0.05) is 35.6 Å². The molecule has 20 heavy (non-hydrogen) atoms. The molecular weight excluding hydrogens is 248 g/mol. The van der Waals surface area contributed by atoms with Gasteiger partial charge in [0.1, 0.15) is 5.78 Å². The minimum absolute atomic E-state index is 0.0788. The van der Waals surface area contributed by atoms with E-state index in [1.54, 1.807) is 0 Å². The molecule has 0 spiro atoms. The number of aryl methyl sites for hydroxylation is 4. The molecule has 2 atom stereocenters. The van der Waals surface area contributed by atoms with Crippen molar-refractivity contribution in [2.24, 2.45) is 0 Å². The van der Waals surface area contributed by atoms with E-state index in [1.807, 2.05) is 40.1 Å². The quantitative estimate of drug-likeness (QED) is 0.866. The fraction of sp³-hybridized carbons (Fsp3) is 0.471. The van der Waals surface area contributed by atoms with Crippen LogP contribution in [0.4, 0.5) is 0 Å². The highest BCUT2D eigenvalue weighted by atomic mass is 16.1. The van der Waals surface area contributed by atoms with Gasteiger partial charge >= 0.3 is 0 Å². The molecule has 0 saturated heterocycles. The second-order valence-electron chi connectivity index (χ2n) is 5.87. The molecule has 2 aromatic heterocycles. The van der Waals surface area contributed by atoms with Crippen molar-refractivity contribution in [2.75, 3.05) is 0 Å². The Labute approximate surface area is 120 Å². The van der Waals surface area contributed by atoms with Gasteiger partial charge in [0.15, 0.2) is 0 Å². The lowest BCUT2D eigenvalue weighted by Crippen LogP contribution is -2.18. The summed E-state index contributed by atoms with van der Waals surface area (Å²) in [5.74, 6) is 0.122. The van der Waals surface area contributed by atoms with Crippen LogP contribution in [0.25, 0.3) is 0 Å². The van der Waals surface area contributed by atoms with Crippen molar-refractivity contribution in [1.29, 1.82) is 0 Å². The van der Waals surface area contributed by atoms with Crippen molar-refractivity contribution >= 4 is 5.78 Å². The van der Waals surface area contributed by atoms with Gasteiger partial charge < -0.3 is 9.97 Å². The summed E-state index contributed by atoms with van der Waals surface area (Å²) in [5, 5.41) is 0. The molecule has 0 aliphatic heterocycles. The number of carbonyl (C=O) groups is 1. The van der Waals surface area contributed by atoms with E-state index in [1.165, 1.54) is 0 Å². The first-order valence-electron chi connectivity index (χ1n) is 7.17. The van der Waals surface area contributed by atoms with Gasteiger partial charge in [0.2, 0.25) is 0 Å². The first kappa shape index (κ1) is 14.6. The van der Waals surface area contributed by atoms with Crippen molar-refractivity contribution in [2.45, 2.75) is 53.4 Å². The van der Waals surface area contributed by atoms with Crippen molar-refractivity contribution in [1.82, 2.24) is 9.97 Å². The van der Waals surface area contributed by atoms with Crippen LogP contribution in [0.1, 0.15) is 59.3 Å². The maximum absolute atomic E-state index is 12.8. The van der Waals surface area contributed by atoms with Gasteiger partial charge in [0.05, 0.1) is 0 Å². The Balaban J connectivity index is 2.32. The fourth-order valence-corrected chi connectivity index (χ4v) is 3.33. The average molecular weight is 272 g/mol. The molecule has 2 unspecified atom stereocenters. The van der Waals surface area contributed by atoms with Crippen LogP contribution in [-0.2, 0) is 4.79 Å². The second-order valence-corrected chi connectivity index (χ2v) is 5.87. The third kappa shape index (κ3) is 2.33. The van der Waals surface area contributed by atoms with Gasteiger partial charge in [0.25, 0.3) is 0 Å². The number of aromatic amines is 2. The molecule has 2 aromatic rings. The lowest BCUT2D eigenvalue weighted by atomic mass is 9.83. The van der Waals surface area contributed by atoms with Crippen LogP contribution >= 0.6 is 0 Å². The Kier molecular flexibility index (Phi) is 3.89. The molecule has 0 radical (unpaired) electrons. The maximum Gasteiger partial charge on any atom is 0.147 e. The van der Waals surface area contributed by atoms with Crippen LogP contribution < -0.4 is 0 Å². The van der Waals surface area contributed by atoms with E-state index in [0.29, 0.717) is 0 Å². The summed E-state index contributed by atoms with van der Waals surface area (Å²) < 4.78 is 0. The van der Waals surface area contributed by atoms with Crippen LogP contribution in [0.2, 0.25) is 0 Å². The van der Waals surface area contributed by atoms with Crippen LogP contribution in [0, 0.1) is 27.7 Å². The standard InChI is InChI=1S/C17H24N2O/c1-9-7-18-13(5)15(9)11(3)17(20)12(4)16-10(2)8-19-14(16)6/h7-8,11-12,18-19H,1-6H3. The summed E-state index contributed by atoms with van der Waals surface area (Å²) >= 11 is 0. The topological polar surface area (TPSA) is 48.6 Å². The number of hydrogen-bond donors (Lipinski definition) is 2. The number of nitrogens with one attached hydrogen (secondary N) is 2. The van der Waals surface area contributed by atoms with E-state index in [2.05, 4.69) is 23.8 Å². The number of H-pyrrole nitrogens is 2. The maximum atomic E-state index is 12.8. The highest BCUT2D eigenvalue weighted by molar-refractivity contribution is 5.92. The summed E-state index contributed by atoms with van der Waals surface area (Å²) in [6.45, 7) is 12.2. The van der Waals surface area contributed by atoms with Gasteiger partial charge in [-0.15, -0.1) is 0 Å². The van der Waals surface area contributed by atoms with Gasteiger partial charge in [-0.05, 0) is 49.9 Å². The zero-order chi connectivity index (χ0) is 15.0. The van der Waals surface area contributed by atoms with Gasteiger partial charge in [-0.1, -0.05) is 13.8 Å². The van der Waals surface area contributed by atoms with Crippen molar-refractivity contribution < 1.29 is 4.79 Å². The molecule has 0 fully saturated rings. The molecule has 3 nitrogen and oxygen atoms in total. The van der Waals surface area contributed by atoms with Gasteiger partial charge in [-0.3, -0.25) is 4.79 Å². The average Bonchev–Trinajstić information content (AvgIpc) is 2.90. The van der Waals surface area contributed by atoms with Crippen LogP contribution in [0.15, 0.2) is 12.4 Å². The lowest BCUT2D eigenvalue weighted by molar-refractivity contribution is -0.121. The summed E-state index contributed by atoms with van der Waals surface area (Å²) in [4.78, 5) is 19.2. The van der Waals surface area contributed by atoms with Crippen molar-refractivity contribution in [3.63, 3.8) is 0 Å². The molecule has 0 aromatic carbocycles. The summed E-state index contributed by atoms with van der Waals surface area (Å²) in [6, 6.07) is 0. The molecule has 0 saturated carbocycles. The Morgan fingerprint density at radius 3 is 1.45 bits per heavy atom. The number of Topliss-reactive ketones (excluding diaryl/α,β-unsaturated/α-hetero) is 1. The molecule has 0 amide bonds. The number of hydrogen-bond acceptors (Lipinski definition) is 1. The molecule has 2 rings (SSSR count). The summed E-state index contributed by atoms with van der Waals surface area (Å²) in [7, 11) is 0. The first-order chi connectivity index (χ1) is 9.34. The van der Waals surface area contributed by atoms with Crippen LogP contribution in [0.5, 0.6) is 0 Å². The zero-order valence-electron chi connectivity index (χ0n) is 13.2. The highest BCUT2D eigenvalue weighted by Gasteiger charge is 2.27. The Bertz CT molecular complexity index is 540. The molecule has 0 aliphatic carbocycles. The smallest absolute Gasteiger partial charge is 0.147 e. The number of aromatic nitrogens is 2. The zero-order valence-corrected chi connectivity index (χ0v) is 13.2. The normalized spacial score (nSPS) is 14.3. The second kappa shape index (κ2) is 5.31. The summed E-state index contributed by atoms with van der Waals surface area (Å²) in [5.41, 5.74) is 6.81. The minimum atomic E-state index is -0.0788. The highest BCUT2D eigenvalue weighted by Crippen LogP contribution is 2.32. The number of rotatable bonds is 4. The van der Waals surface area contributed by atoms with E-state index >= 15 is 0 Å². The molecule has 108 valence electrons. The lowest BCUT2D eigenvalue weighted by Gasteiger charge is -2.18. The van der Waals surface area contributed by atoms with E-state index in [9.17, 15) is 4.79 Å². The van der Waals surface area contributed by atoms with E-state index in [4.69, 9.17) is 0 Å². The summed E-state index contributed by atoms with van der Waals surface area (Å²) in [6.07, 6.45) is 3.96. The minimum Gasteiger partial charge on any atom is -0.365 e. The van der Waals surface area contributed by atoms with Crippen molar-refractivity contribution in [3.8, 4) is 0 Å². The van der Waals surface area contributed by atoms with Crippen molar-refractivity contribution in [3.05, 3.63) is 46.0 Å². The van der Waals surface area contributed by atoms with E-state index < -0.39 is 0 Å². The Morgan fingerprint density at radius 2 is 1.20 bits per heavy atom. The Hall–Kier alpha value is -1.77. The molecule has 2 heterocycles. The van der Waals surface area contributed by atoms with Gasteiger partial charge in [-0.2, -0.15) is 0 Å². The molecule has 0 bridgehead atoms. The fourth-order valence-electron chi connectivity index (χ4n) is 3.33. The third-order valence-electron chi connectivity index (χ3n) is 4.39. The predicted molar refractivity (Wildman–Crippen MR) is 82.4 cm³/mol. The monoisotopic (exact) mass is 272 g/mol. The first-order valence-corrected chi connectivity index (χ1v) is 7.17. The number of ketones is 1. The largest absolute Gasteiger partial charge is 0.365 e.